The van der Waals surface area contributed by atoms with E-state index < -0.39 is 17.8 Å². The zero-order valence-electron chi connectivity index (χ0n) is 14.0. The molecule has 1 amide bonds. The number of rotatable bonds is 5. The molecule has 0 saturated carbocycles. The lowest BCUT2D eigenvalue weighted by atomic mass is 10.1. The molecule has 0 saturated heterocycles. The second-order valence-electron chi connectivity index (χ2n) is 5.86. The number of carbonyl (C=O) groups is 1. The van der Waals surface area contributed by atoms with Crippen molar-refractivity contribution in [2.24, 2.45) is 0 Å². The second-order valence-corrected chi connectivity index (χ2v) is 5.86. The maximum atomic E-state index is 13.2. The predicted octanol–water partition coefficient (Wildman–Crippen LogP) is 2.92. The number of benzene rings is 2. The summed E-state index contributed by atoms with van der Waals surface area (Å²) < 4.78 is 27.9. The number of aliphatic hydroxyl groups excluding tert-OH is 1. The number of nitrogens with zero attached hydrogens (tertiary/aromatic N) is 2. The maximum Gasteiger partial charge on any atom is 0.271 e. The average Bonchev–Trinajstić information content (AvgIpc) is 3.09. The van der Waals surface area contributed by atoms with E-state index >= 15 is 0 Å². The highest BCUT2D eigenvalue weighted by Gasteiger charge is 2.14. The smallest absolute Gasteiger partial charge is 0.271 e. The molecule has 1 aromatic heterocycles. The molecule has 0 aliphatic rings. The molecule has 0 radical (unpaired) electrons. The highest BCUT2D eigenvalue weighted by atomic mass is 19.1. The number of hydrogen-bond acceptors (Lipinski definition) is 3. The summed E-state index contributed by atoms with van der Waals surface area (Å²) >= 11 is 0. The Hall–Kier alpha value is -3.06. The standard InChI is InChI=1S/C19H17F2N3O2/c1-12-9-15(21)5-6-17(12)24-8-7-16(23-24)19(26)22-11-18(25)13-3-2-4-14(20)10-13/h2-10,18,25H,11H2,1H3,(H,22,26). The van der Waals surface area contributed by atoms with Crippen LogP contribution < -0.4 is 5.32 Å². The molecule has 3 aromatic rings. The minimum atomic E-state index is -1.03. The van der Waals surface area contributed by atoms with E-state index in [9.17, 15) is 18.7 Å². The summed E-state index contributed by atoms with van der Waals surface area (Å²) in [4.78, 5) is 12.2. The number of nitrogens with one attached hydrogen (secondary N) is 1. The summed E-state index contributed by atoms with van der Waals surface area (Å²) in [5.41, 5.74) is 1.87. The van der Waals surface area contributed by atoms with E-state index in [2.05, 4.69) is 10.4 Å². The van der Waals surface area contributed by atoms with Crippen LogP contribution in [-0.2, 0) is 0 Å². The van der Waals surface area contributed by atoms with Crippen LogP contribution in [0.25, 0.3) is 5.69 Å². The zero-order chi connectivity index (χ0) is 18.7. The van der Waals surface area contributed by atoms with Gasteiger partial charge in [-0.2, -0.15) is 5.10 Å². The first kappa shape index (κ1) is 17.8. The Kier molecular flexibility index (Phi) is 5.09. The van der Waals surface area contributed by atoms with Gasteiger partial charge in [-0.05, 0) is 54.4 Å². The molecule has 1 atom stereocenters. The largest absolute Gasteiger partial charge is 0.387 e. The monoisotopic (exact) mass is 357 g/mol. The van der Waals surface area contributed by atoms with E-state index in [1.807, 2.05) is 0 Å². The predicted molar refractivity (Wildman–Crippen MR) is 92.0 cm³/mol. The minimum Gasteiger partial charge on any atom is -0.387 e. The Morgan fingerprint density at radius 1 is 1.19 bits per heavy atom. The Labute approximate surface area is 148 Å². The number of carbonyl (C=O) groups excluding carboxylic acids is 1. The highest BCUT2D eigenvalue weighted by molar-refractivity contribution is 5.92. The van der Waals surface area contributed by atoms with Gasteiger partial charge >= 0.3 is 0 Å². The third kappa shape index (κ3) is 3.94. The lowest BCUT2D eigenvalue weighted by molar-refractivity contribution is 0.0911. The normalized spacial score (nSPS) is 12.0. The quantitative estimate of drug-likeness (QED) is 0.738. The van der Waals surface area contributed by atoms with Crippen LogP contribution in [0.2, 0.25) is 0 Å². The van der Waals surface area contributed by atoms with Crippen LogP contribution in [0, 0.1) is 18.6 Å². The van der Waals surface area contributed by atoms with Crippen molar-refractivity contribution >= 4 is 5.91 Å². The molecule has 2 aromatic carbocycles. The van der Waals surface area contributed by atoms with Crippen LogP contribution in [0.15, 0.2) is 54.7 Å². The lowest BCUT2D eigenvalue weighted by Crippen LogP contribution is -2.28. The number of halogens is 2. The summed E-state index contributed by atoms with van der Waals surface area (Å²) in [5.74, 6) is -1.28. The minimum absolute atomic E-state index is 0.0786. The fourth-order valence-electron chi connectivity index (χ4n) is 2.57. The van der Waals surface area contributed by atoms with Crippen LogP contribution >= 0.6 is 0 Å². The number of amides is 1. The van der Waals surface area contributed by atoms with Gasteiger partial charge < -0.3 is 10.4 Å². The van der Waals surface area contributed by atoms with Gasteiger partial charge in [0.05, 0.1) is 11.8 Å². The Morgan fingerprint density at radius 2 is 1.96 bits per heavy atom. The molecule has 3 rings (SSSR count). The van der Waals surface area contributed by atoms with Crippen LogP contribution in [-0.4, -0.2) is 27.3 Å². The molecular weight excluding hydrogens is 340 g/mol. The highest BCUT2D eigenvalue weighted by Crippen LogP contribution is 2.16. The molecule has 0 aliphatic carbocycles. The molecule has 0 bridgehead atoms. The molecule has 1 unspecified atom stereocenters. The van der Waals surface area contributed by atoms with Gasteiger partial charge in [-0.3, -0.25) is 4.79 Å². The molecular formula is C19H17F2N3O2. The summed E-state index contributed by atoms with van der Waals surface area (Å²) in [7, 11) is 0. The van der Waals surface area contributed by atoms with E-state index in [0.29, 0.717) is 16.8 Å². The van der Waals surface area contributed by atoms with Gasteiger partial charge in [0.15, 0.2) is 5.69 Å². The van der Waals surface area contributed by atoms with Gasteiger partial charge in [0.25, 0.3) is 5.91 Å². The molecule has 5 nitrogen and oxygen atoms in total. The van der Waals surface area contributed by atoms with Crippen molar-refractivity contribution in [1.29, 1.82) is 0 Å². The van der Waals surface area contributed by atoms with Crippen LogP contribution in [0.4, 0.5) is 8.78 Å². The Bertz CT molecular complexity index is 940. The van der Waals surface area contributed by atoms with E-state index in [1.54, 1.807) is 25.3 Å². The van der Waals surface area contributed by atoms with Crippen molar-refractivity contribution in [2.75, 3.05) is 6.54 Å². The summed E-state index contributed by atoms with van der Waals surface area (Å²) in [6, 6.07) is 11.3. The first-order valence-electron chi connectivity index (χ1n) is 7.98. The Morgan fingerprint density at radius 3 is 2.69 bits per heavy atom. The van der Waals surface area contributed by atoms with Crippen LogP contribution in [0.5, 0.6) is 0 Å². The molecule has 134 valence electrons. The number of aliphatic hydroxyl groups is 1. The van der Waals surface area contributed by atoms with Gasteiger partial charge in [0, 0.05) is 12.7 Å². The van der Waals surface area contributed by atoms with Crippen LogP contribution in [0.1, 0.15) is 27.7 Å². The van der Waals surface area contributed by atoms with E-state index in [1.165, 1.54) is 41.1 Å². The molecule has 7 heteroatoms. The number of aryl methyl sites for hydroxylation is 1. The lowest BCUT2D eigenvalue weighted by Gasteiger charge is -2.11. The summed E-state index contributed by atoms with van der Waals surface area (Å²) in [5, 5.41) is 16.8. The third-order valence-corrected chi connectivity index (χ3v) is 3.92. The average molecular weight is 357 g/mol. The molecule has 0 aliphatic heterocycles. The van der Waals surface area contributed by atoms with E-state index in [0.717, 1.165) is 0 Å². The first-order valence-corrected chi connectivity index (χ1v) is 7.98. The first-order chi connectivity index (χ1) is 12.4. The fourth-order valence-corrected chi connectivity index (χ4v) is 2.57. The van der Waals surface area contributed by atoms with E-state index in [4.69, 9.17) is 0 Å². The van der Waals surface area contributed by atoms with Crippen molar-refractivity contribution in [3.8, 4) is 5.69 Å². The molecule has 26 heavy (non-hydrogen) atoms. The van der Waals surface area contributed by atoms with Gasteiger partial charge in [-0.25, -0.2) is 13.5 Å². The topological polar surface area (TPSA) is 67.2 Å². The number of aromatic nitrogens is 2. The van der Waals surface area contributed by atoms with Crippen molar-refractivity contribution in [2.45, 2.75) is 13.0 Å². The van der Waals surface area contributed by atoms with Crippen molar-refractivity contribution in [3.05, 3.63) is 83.2 Å². The summed E-state index contributed by atoms with van der Waals surface area (Å²) in [6.07, 6.45) is 0.564. The Balaban J connectivity index is 1.66. The molecule has 0 fully saturated rings. The van der Waals surface area contributed by atoms with Crippen molar-refractivity contribution in [1.82, 2.24) is 15.1 Å². The van der Waals surface area contributed by atoms with Gasteiger partial charge in [-0.1, -0.05) is 12.1 Å². The molecule has 1 heterocycles. The number of hydrogen-bond donors (Lipinski definition) is 2. The zero-order valence-corrected chi connectivity index (χ0v) is 14.0. The summed E-state index contributed by atoms with van der Waals surface area (Å²) in [6.45, 7) is 1.67. The van der Waals surface area contributed by atoms with E-state index in [-0.39, 0.29) is 18.1 Å². The van der Waals surface area contributed by atoms with Crippen molar-refractivity contribution in [3.63, 3.8) is 0 Å². The molecule has 2 N–H and O–H groups in total. The van der Waals surface area contributed by atoms with Gasteiger partial charge in [0.2, 0.25) is 0 Å². The van der Waals surface area contributed by atoms with Gasteiger partial charge in [-0.15, -0.1) is 0 Å². The fraction of sp³-hybridized carbons (Fsp3) is 0.158. The maximum absolute atomic E-state index is 13.2. The molecule has 0 spiro atoms. The van der Waals surface area contributed by atoms with Crippen molar-refractivity contribution < 1.29 is 18.7 Å². The second kappa shape index (κ2) is 7.45. The van der Waals surface area contributed by atoms with Crippen LogP contribution in [0.3, 0.4) is 0 Å². The van der Waals surface area contributed by atoms with Gasteiger partial charge in [0.1, 0.15) is 11.6 Å². The SMILES string of the molecule is Cc1cc(F)ccc1-n1ccc(C(=O)NCC(O)c2cccc(F)c2)n1. The third-order valence-electron chi connectivity index (χ3n) is 3.92.